The number of rotatable bonds is 5. The molecule has 0 amide bonds. The lowest BCUT2D eigenvalue weighted by Gasteiger charge is -2.20. The summed E-state index contributed by atoms with van der Waals surface area (Å²) in [5.74, 6) is 0. The van der Waals surface area contributed by atoms with Gasteiger partial charge in [0.15, 0.2) is 5.01 Å². The SMILES string of the molecule is CC(C)(C)NCCCc1nnc(-c2cnns2)s1. The zero-order valence-corrected chi connectivity index (χ0v) is 12.4. The molecule has 0 fully saturated rings. The number of aromatic nitrogens is 4. The Balaban J connectivity index is 1.81. The van der Waals surface area contributed by atoms with Crippen molar-refractivity contribution in [2.45, 2.75) is 39.2 Å². The van der Waals surface area contributed by atoms with E-state index in [2.05, 4.69) is 45.9 Å². The monoisotopic (exact) mass is 283 g/mol. The minimum atomic E-state index is 0.181. The van der Waals surface area contributed by atoms with Crippen LogP contribution in [-0.2, 0) is 6.42 Å². The van der Waals surface area contributed by atoms with E-state index in [0.717, 1.165) is 34.3 Å². The first kappa shape index (κ1) is 13.5. The number of nitrogens with one attached hydrogen (secondary N) is 1. The third-order valence-electron chi connectivity index (χ3n) is 2.26. The van der Waals surface area contributed by atoms with E-state index in [0.29, 0.717) is 0 Å². The van der Waals surface area contributed by atoms with E-state index < -0.39 is 0 Å². The van der Waals surface area contributed by atoms with Crippen LogP contribution < -0.4 is 5.32 Å². The molecule has 0 saturated heterocycles. The summed E-state index contributed by atoms with van der Waals surface area (Å²) >= 11 is 2.98. The Morgan fingerprint density at radius 2 is 2.11 bits per heavy atom. The molecule has 2 aromatic heterocycles. The Bertz CT molecular complexity index is 472. The highest BCUT2D eigenvalue weighted by molar-refractivity contribution is 7.19. The second-order valence-electron chi connectivity index (χ2n) is 5.06. The summed E-state index contributed by atoms with van der Waals surface area (Å²) in [5, 5.41) is 17.6. The lowest BCUT2D eigenvalue weighted by atomic mass is 10.1. The molecule has 0 aliphatic rings. The van der Waals surface area contributed by atoms with Crippen molar-refractivity contribution >= 4 is 22.9 Å². The fourth-order valence-corrected chi connectivity index (χ4v) is 2.84. The van der Waals surface area contributed by atoms with Crippen LogP contribution in [0.1, 0.15) is 32.2 Å². The maximum atomic E-state index is 4.20. The first-order valence-corrected chi connectivity index (χ1v) is 7.49. The van der Waals surface area contributed by atoms with Crippen molar-refractivity contribution in [1.82, 2.24) is 25.1 Å². The summed E-state index contributed by atoms with van der Waals surface area (Å²) in [5.41, 5.74) is 0.181. The van der Waals surface area contributed by atoms with Crippen molar-refractivity contribution in [1.29, 1.82) is 0 Å². The second-order valence-corrected chi connectivity index (χ2v) is 6.91. The van der Waals surface area contributed by atoms with Gasteiger partial charge in [0, 0.05) is 12.0 Å². The third-order valence-corrected chi connectivity index (χ3v) is 4.08. The first-order chi connectivity index (χ1) is 8.54. The van der Waals surface area contributed by atoms with E-state index in [9.17, 15) is 0 Å². The zero-order chi connectivity index (χ0) is 13.0. The standard InChI is InChI=1S/C11H17N5S2/c1-11(2,3)12-6-4-5-9-14-15-10(17-9)8-7-13-16-18-8/h7,12H,4-6H2,1-3H3. The molecule has 0 aliphatic carbocycles. The van der Waals surface area contributed by atoms with Crippen molar-refractivity contribution in [3.63, 3.8) is 0 Å². The van der Waals surface area contributed by atoms with E-state index in [1.807, 2.05) is 0 Å². The molecule has 2 rings (SSSR count). The minimum absolute atomic E-state index is 0.181. The van der Waals surface area contributed by atoms with E-state index in [-0.39, 0.29) is 5.54 Å². The maximum Gasteiger partial charge on any atom is 0.161 e. The Morgan fingerprint density at radius 3 is 2.78 bits per heavy atom. The van der Waals surface area contributed by atoms with E-state index in [1.165, 1.54) is 11.5 Å². The Labute approximate surface area is 115 Å². The molecule has 0 radical (unpaired) electrons. The number of nitrogens with zero attached hydrogens (tertiary/aromatic N) is 4. The molecular weight excluding hydrogens is 266 g/mol. The average Bonchev–Trinajstić information content (AvgIpc) is 2.93. The molecule has 0 aliphatic heterocycles. The van der Waals surface area contributed by atoms with Crippen LogP contribution >= 0.6 is 22.9 Å². The van der Waals surface area contributed by atoms with Crippen LogP contribution in [-0.4, -0.2) is 31.9 Å². The highest BCUT2D eigenvalue weighted by atomic mass is 32.1. The second kappa shape index (κ2) is 5.81. The number of hydrogen-bond donors (Lipinski definition) is 1. The van der Waals surface area contributed by atoms with Gasteiger partial charge in [-0.25, -0.2) is 0 Å². The average molecular weight is 283 g/mol. The highest BCUT2D eigenvalue weighted by Gasteiger charge is 2.10. The summed E-state index contributed by atoms with van der Waals surface area (Å²) < 4.78 is 3.83. The van der Waals surface area contributed by atoms with Crippen LogP contribution in [0, 0.1) is 0 Å². The molecule has 0 bridgehead atoms. The third kappa shape index (κ3) is 4.08. The van der Waals surface area contributed by atoms with Gasteiger partial charge in [-0.2, -0.15) is 0 Å². The lowest BCUT2D eigenvalue weighted by molar-refractivity contribution is 0.422. The first-order valence-electron chi connectivity index (χ1n) is 5.90. The molecule has 0 unspecified atom stereocenters. The predicted molar refractivity (Wildman–Crippen MR) is 74.9 cm³/mol. The molecule has 0 aromatic carbocycles. The van der Waals surface area contributed by atoms with Crippen molar-refractivity contribution in [2.75, 3.05) is 6.54 Å². The van der Waals surface area contributed by atoms with Crippen LogP contribution in [0.15, 0.2) is 6.20 Å². The van der Waals surface area contributed by atoms with Crippen LogP contribution in [0.4, 0.5) is 0 Å². The van der Waals surface area contributed by atoms with Crippen LogP contribution in [0.2, 0.25) is 0 Å². The summed E-state index contributed by atoms with van der Waals surface area (Å²) in [4.78, 5) is 0.992. The topological polar surface area (TPSA) is 63.6 Å². The number of aryl methyl sites for hydroxylation is 1. The molecule has 0 spiro atoms. The molecule has 18 heavy (non-hydrogen) atoms. The van der Waals surface area contributed by atoms with Crippen LogP contribution in [0.3, 0.4) is 0 Å². The van der Waals surface area contributed by atoms with Gasteiger partial charge in [-0.1, -0.05) is 15.8 Å². The zero-order valence-electron chi connectivity index (χ0n) is 10.8. The molecule has 0 atom stereocenters. The van der Waals surface area contributed by atoms with Crippen LogP contribution in [0.25, 0.3) is 9.88 Å². The molecule has 7 heteroatoms. The highest BCUT2D eigenvalue weighted by Crippen LogP contribution is 2.25. The van der Waals surface area contributed by atoms with E-state index in [1.54, 1.807) is 17.5 Å². The summed E-state index contributed by atoms with van der Waals surface area (Å²) in [6.07, 6.45) is 3.77. The van der Waals surface area contributed by atoms with Gasteiger partial charge in [-0.3, -0.25) is 0 Å². The molecule has 5 nitrogen and oxygen atoms in total. The Kier molecular flexibility index (Phi) is 4.36. The molecule has 98 valence electrons. The summed E-state index contributed by atoms with van der Waals surface area (Å²) in [7, 11) is 0. The molecule has 2 heterocycles. The predicted octanol–water partition coefficient (Wildman–Crippen LogP) is 2.38. The largest absolute Gasteiger partial charge is 0.312 e. The van der Waals surface area contributed by atoms with Crippen molar-refractivity contribution < 1.29 is 0 Å². The summed E-state index contributed by atoms with van der Waals surface area (Å²) in [6, 6.07) is 0. The number of hydrogen-bond acceptors (Lipinski definition) is 7. The fraction of sp³-hybridized carbons (Fsp3) is 0.636. The van der Waals surface area contributed by atoms with Crippen molar-refractivity contribution in [3.8, 4) is 9.88 Å². The van der Waals surface area contributed by atoms with Gasteiger partial charge in [-0.05, 0) is 45.3 Å². The molecule has 1 N–H and O–H groups in total. The normalized spacial score (nSPS) is 11.9. The maximum absolute atomic E-state index is 4.20. The van der Waals surface area contributed by atoms with Gasteiger partial charge < -0.3 is 5.32 Å². The summed E-state index contributed by atoms with van der Waals surface area (Å²) in [6.45, 7) is 7.52. The Morgan fingerprint density at radius 1 is 1.28 bits per heavy atom. The van der Waals surface area contributed by atoms with Crippen molar-refractivity contribution in [2.24, 2.45) is 0 Å². The fourth-order valence-electron chi connectivity index (χ4n) is 1.42. The Hall–Kier alpha value is -0.920. The smallest absolute Gasteiger partial charge is 0.161 e. The minimum Gasteiger partial charge on any atom is -0.312 e. The molecule has 2 aromatic rings. The van der Waals surface area contributed by atoms with Gasteiger partial charge in [0.1, 0.15) is 9.88 Å². The van der Waals surface area contributed by atoms with Crippen molar-refractivity contribution in [3.05, 3.63) is 11.2 Å². The lowest BCUT2D eigenvalue weighted by Crippen LogP contribution is -2.36. The van der Waals surface area contributed by atoms with Crippen LogP contribution in [0.5, 0.6) is 0 Å². The molecular formula is C11H17N5S2. The van der Waals surface area contributed by atoms with E-state index in [4.69, 9.17) is 0 Å². The van der Waals surface area contributed by atoms with Gasteiger partial charge >= 0.3 is 0 Å². The van der Waals surface area contributed by atoms with Gasteiger partial charge in [0.2, 0.25) is 0 Å². The molecule has 0 saturated carbocycles. The van der Waals surface area contributed by atoms with Gasteiger partial charge in [0.05, 0.1) is 6.20 Å². The van der Waals surface area contributed by atoms with Gasteiger partial charge in [0.25, 0.3) is 0 Å². The van der Waals surface area contributed by atoms with E-state index >= 15 is 0 Å². The van der Waals surface area contributed by atoms with Gasteiger partial charge in [-0.15, -0.1) is 15.3 Å². The quantitative estimate of drug-likeness (QED) is 0.854.